The SMILES string of the molecule is CCCCCNc1nc(C2CC2)nc(OCC)c1N. The molecule has 5 nitrogen and oxygen atoms in total. The molecule has 0 aliphatic heterocycles. The first-order valence-electron chi connectivity index (χ1n) is 7.30. The van der Waals surface area contributed by atoms with Gasteiger partial charge in [0.05, 0.1) is 6.61 Å². The molecule has 19 heavy (non-hydrogen) atoms. The van der Waals surface area contributed by atoms with Gasteiger partial charge in [-0.1, -0.05) is 19.8 Å². The average Bonchev–Trinajstić information content (AvgIpc) is 3.23. The van der Waals surface area contributed by atoms with Crippen molar-refractivity contribution >= 4 is 11.5 Å². The Bertz CT molecular complexity index is 418. The molecule has 1 aliphatic carbocycles. The number of nitrogen functional groups attached to an aromatic ring is 1. The van der Waals surface area contributed by atoms with Gasteiger partial charge in [-0.2, -0.15) is 4.98 Å². The number of hydrogen-bond donors (Lipinski definition) is 2. The largest absolute Gasteiger partial charge is 0.476 e. The fraction of sp³-hybridized carbons (Fsp3) is 0.714. The van der Waals surface area contributed by atoms with Gasteiger partial charge in [0, 0.05) is 12.5 Å². The molecule has 0 unspecified atom stereocenters. The smallest absolute Gasteiger partial charge is 0.242 e. The molecule has 5 heteroatoms. The number of ether oxygens (including phenoxy) is 1. The van der Waals surface area contributed by atoms with Crippen LogP contribution in [0.2, 0.25) is 0 Å². The monoisotopic (exact) mass is 264 g/mol. The molecule has 0 radical (unpaired) electrons. The molecule has 0 aromatic carbocycles. The van der Waals surface area contributed by atoms with Gasteiger partial charge in [0.15, 0.2) is 5.82 Å². The van der Waals surface area contributed by atoms with Crippen molar-refractivity contribution in [3.8, 4) is 5.88 Å². The van der Waals surface area contributed by atoms with E-state index >= 15 is 0 Å². The fourth-order valence-electron chi connectivity index (χ4n) is 1.95. The highest BCUT2D eigenvalue weighted by Gasteiger charge is 2.28. The molecule has 1 saturated carbocycles. The minimum Gasteiger partial charge on any atom is -0.476 e. The van der Waals surface area contributed by atoms with Crippen LogP contribution < -0.4 is 15.8 Å². The van der Waals surface area contributed by atoms with Crippen molar-refractivity contribution in [2.24, 2.45) is 0 Å². The Morgan fingerprint density at radius 1 is 1.26 bits per heavy atom. The fourth-order valence-corrected chi connectivity index (χ4v) is 1.95. The normalized spacial score (nSPS) is 14.4. The first-order chi connectivity index (χ1) is 9.26. The third-order valence-electron chi connectivity index (χ3n) is 3.22. The van der Waals surface area contributed by atoms with Crippen molar-refractivity contribution < 1.29 is 4.74 Å². The van der Waals surface area contributed by atoms with E-state index in [9.17, 15) is 0 Å². The number of nitrogens with zero attached hydrogens (tertiary/aromatic N) is 2. The number of nitrogens with two attached hydrogens (primary N) is 1. The molecule has 3 N–H and O–H groups in total. The van der Waals surface area contributed by atoms with Crippen LogP contribution in [0.4, 0.5) is 11.5 Å². The predicted octanol–water partition coefficient (Wildman–Crippen LogP) is 2.94. The van der Waals surface area contributed by atoms with Gasteiger partial charge in [0.25, 0.3) is 0 Å². The maximum atomic E-state index is 6.06. The molecule has 0 spiro atoms. The first-order valence-corrected chi connectivity index (χ1v) is 7.30. The van der Waals surface area contributed by atoms with E-state index in [0.717, 1.165) is 24.6 Å². The lowest BCUT2D eigenvalue weighted by Gasteiger charge is -2.13. The average molecular weight is 264 g/mol. The Balaban J connectivity index is 2.10. The Kier molecular flexibility index (Phi) is 4.82. The number of nitrogens with one attached hydrogen (secondary N) is 1. The molecule has 0 amide bonds. The third-order valence-corrected chi connectivity index (χ3v) is 3.22. The van der Waals surface area contributed by atoms with Gasteiger partial charge in [-0.05, 0) is 26.2 Å². The molecule has 0 saturated heterocycles. The highest BCUT2D eigenvalue weighted by Crippen LogP contribution is 2.40. The topological polar surface area (TPSA) is 73.1 Å². The minimum atomic E-state index is 0.496. The number of rotatable bonds is 8. The summed E-state index contributed by atoms with van der Waals surface area (Å²) in [4.78, 5) is 8.98. The van der Waals surface area contributed by atoms with Crippen LogP contribution in [-0.4, -0.2) is 23.1 Å². The lowest BCUT2D eigenvalue weighted by molar-refractivity contribution is 0.327. The van der Waals surface area contributed by atoms with Crippen LogP contribution in [0.25, 0.3) is 0 Å². The van der Waals surface area contributed by atoms with Crippen LogP contribution in [0.5, 0.6) is 5.88 Å². The van der Waals surface area contributed by atoms with Gasteiger partial charge in [-0.15, -0.1) is 0 Å². The quantitative estimate of drug-likeness (QED) is 0.706. The zero-order valence-corrected chi connectivity index (χ0v) is 11.9. The lowest BCUT2D eigenvalue weighted by Crippen LogP contribution is -2.11. The van der Waals surface area contributed by atoms with Crippen molar-refractivity contribution in [1.29, 1.82) is 0 Å². The van der Waals surface area contributed by atoms with E-state index in [1.165, 1.54) is 25.7 Å². The van der Waals surface area contributed by atoms with Crippen LogP contribution in [0, 0.1) is 0 Å². The summed E-state index contributed by atoms with van der Waals surface area (Å²) in [6, 6.07) is 0. The summed E-state index contributed by atoms with van der Waals surface area (Å²) in [5.41, 5.74) is 6.59. The molecule has 1 heterocycles. The molecule has 1 aromatic heterocycles. The molecular formula is C14H24N4O. The van der Waals surface area contributed by atoms with Crippen molar-refractivity contribution in [3.63, 3.8) is 0 Å². The van der Waals surface area contributed by atoms with E-state index in [-0.39, 0.29) is 0 Å². The lowest BCUT2D eigenvalue weighted by atomic mass is 10.2. The zero-order valence-electron chi connectivity index (χ0n) is 11.9. The molecule has 2 rings (SSSR count). The van der Waals surface area contributed by atoms with Gasteiger partial charge in [-0.25, -0.2) is 4.98 Å². The Morgan fingerprint density at radius 3 is 2.68 bits per heavy atom. The van der Waals surface area contributed by atoms with Crippen molar-refractivity contribution in [3.05, 3.63) is 5.82 Å². The summed E-state index contributed by atoms with van der Waals surface area (Å²) < 4.78 is 5.51. The molecule has 106 valence electrons. The van der Waals surface area contributed by atoms with Crippen LogP contribution in [-0.2, 0) is 0 Å². The van der Waals surface area contributed by atoms with Gasteiger partial charge >= 0.3 is 0 Å². The highest BCUT2D eigenvalue weighted by molar-refractivity contribution is 5.67. The van der Waals surface area contributed by atoms with Crippen LogP contribution in [0.3, 0.4) is 0 Å². The number of aromatic nitrogens is 2. The van der Waals surface area contributed by atoms with Crippen molar-refractivity contribution in [2.45, 2.75) is 51.9 Å². The Labute approximate surface area is 115 Å². The summed E-state index contributed by atoms with van der Waals surface area (Å²) in [6.07, 6.45) is 5.89. The van der Waals surface area contributed by atoms with E-state index in [4.69, 9.17) is 10.5 Å². The first kappa shape index (κ1) is 13.9. The van der Waals surface area contributed by atoms with E-state index in [0.29, 0.717) is 24.1 Å². The molecule has 1 aromatic rings. The predicted molar refractivity (Wildman–Crippen MR) is 77.6 cm³/mol. The van der Waals surface area contributed by atoms with Crippen molar-refractivity contribution in [2.75, 3.05) is 24.2 Å². The summed E-state index contributed by atoms with van der Waals surface area (Å²) in [6.45, 7) is 5.59. The van der Waals surface area contributed by atoms with E-state index in [1.807, 2.05) is 6.92 Å². The molecule has 0 atom stereocenters. The molecule has 1 aliphatic rings. The summed E-state index contributed by atoms with van der Waals surface area (Å²) >= 11 is 0. The Morgan fingerprint density at radius 2 is 2.05 bits per heavy atom. The zero-order chi connectivity index (χ0) is 13.7. The van der Waals surface area contributed by atoms with Gasteiger partial charge in [0.2, 0.25) is 5.88 Å². The van der Waals surface area contributed by atoms with Crippen LogP contribution in [0.1, 0.15) is 57.7 Å². The number of hydrogen-bond acceptors (Lipinski definition) is 5. The number of unbranched alkanes of at least 4 members (excludes halogenated alkanes) is 2. The van der Waals surface area contributed by atoms with Gasteiger partial charge in [0.1, 0.15) is 11.5 Å². The summed E-state index contributed by atoms with van der Waals surface area (Å²) in [5, 5.41) is 3.31. The molecule has 0 bridgehead atoms. The van der Waals surface area contributed by atoms with Crippen LogP contribution in [0.15, 0.2) is 0 Å². The minimum absolute atomic E-state index is 0.496. The number of anilines is 2. The summed E-state index contributed by atoms with van der Waals surface area (Å²) in [5.74, 6) is 2.63. The van der Waals surface area contributed by atoms with Gasteiger partial charge in [-0.3, -0.25) is 0 Å². The van der Waals surface area contributed by atoms with E-state index in [2.05, 4.69) is 22.2 Å². The summed E-state index contributed by atoms with van der Waals surface area (Å²) in [7, 11) is 0. The second kappa shape index (κ2) is 6.59. The van der Waals surface area contributed by atoms with E-state index < -0.39 is 0 Å². The second-order valence-corrected chi connectivity index (χ2v) is 4.99. The molecular weight excluding hydrogens is 240 g/mol. The Hall–Kier alpha value is -1.52. The molecule has 1 fully saturated rings. The van der Waals surface area contributed by atoms with Crippen molar-refractivity contribution in [1.82, 2.24) is 9.97 Å². The third kappa shape index (κ3) is 3.72. The standard InChI is InChI=1S/C14H24N4O/c1-3-5-6-9-16-13-11(15)14(19-4-2)18-12(17-13)10-7-8-10/h10H,3-9,15H2,1-2H3,(H,16,17,18). The highest BCUT2D eigenvalue weighted by atomic mass is 16.5. The van der Waals surface area contributed by atoms with Gasteiger partial charge < -0.3 is 15.8 Å². The maximum Gasteiger partial charge on any atom is 0.242 e. The van der Waals surface area contributed by atoms with E-state index in [1.54, 1.807) is 0 Å². The van der Waals surface area contributed by atoms with Crippen LogP contribution >= 0.6 is 0 Å². The maximum absolute atomic E-state index is 6.06. The second-order valence-electron chi connectivity index (χ2n) is 4.99.